The second kappa shape index (κ2) is 10.2. The van der Waals surface area contributed by atoms with Crippen LogP contribution in [-0.4, -0.2) is 44.0 Å². The highest BCUT2D eigenvalue weighted by Crippen LogP contribution is 2.45. The number of furan rings is 1. The molecule has 10 nitrogen and oxygen atoms in total. The number of rotatable bonds is 9. The summed E-state index contributed by atoms with van der Waals surface area (Å²) in [6, 6.07) is 17.2. The topological polar surface area (TPSA) is 144 Å². The highest BCUT2D eigenvalue weighted by molar-refractivity contribution is 7.85. The van der Waals surface area contributed by atoms with Gasteiger partial charge in [0.15, 0.2) is 12.3 Å². The molecule has 1 aliphatic heterocycles. The molecule has 0 aliphatic carbocycles. The minimum Gasteiger partial charge on any atom is -0.748 e. The number of fused-ring (bicyclic) bond motifs is 6. The molecule has 13 heteroatoms. The first-order chi connectivity index (χ1) is 19.1. The van der Waals surface area contributed by atoms with Crippen LogP contribution in [0.25, 0.3) is 38.0 Å². The van der Waals surface area contributed by atoms with Gasteiger partial charge in [-0.3, -0.25) is 0 Å². The summed E-state index contributed by atoms with van der Waals surface area (Å²) in [5.74, 6) is 0.0208. The third-order valence-electron chi connectivity index (χ3n) is 6.73. The molecule has 3 heterocycles. The second-order valence-corrected chi connectivity index (χ2v) is 13.5. The van der Waals surface area contributed by atoms with Crippen molar-refractivity contribution in [2.45, 2.75) is 19.4 Å². The SMILES string of the molecule is O=S(=O)([O-])CCCN1/C(=C/c2sc3ccc4occc4c3[n+]2CCCS(=O)(=O)[O-])Oc2ccc3ccccc3c21. The number of hydrogen-bond acceptors (Lipinski definition) is 10. The van der Waals surface area contributed by atoms with Gasteiger partial charge >= 0.3 is 0 Å². The van der Waals surface area contributed by atoms with Crippen molar-refractivity contribution in [3.63, 3.8) is 0 Å². The molecule has 40 heavy (non-hydrogen) atoms. The lowest BCUT2D eigenvalue weighted by Crippen LogP contribution is -2.36. The molecule has 0 atom stereocenters. The molecule has 6 rings (SSSR count). The molecule has 0 radical (unpaired) electrons. The van der Waals surface area contributed by atoms with E-state index in [1.807, 2.05) is 70.1 Å². The molecule has 208 valence electrons. The predicted octanol–water partition coefficient (Wildman–Crippen LogP) is 4.16. The van der Waals surface area contributed by atoms with Crippen LogP contribution in [0.15, 0.2) is 71.2 Å². The van der Waals surface area contributed by atoms with Gasteiger partial charge in [0, 0.05) is 29.9 Å². The highest BCUT2D eigenvalue weighted by atomic mass is 32.2. The lowest BCUT2D eigenvalue weighted by Gasteiger charge is -2.20. The van der Waals surface area contributed by atoms with Crippen LogP contribution in [0, 0.1) is 0 Å². The molecular formula is C27H23N2O8S3-. The predicted molar refractivity (Wildman–Crippen MR) is 150 cm³/mol. The zero-order chi connectivity index (χ0) is 28.1. The van der Waals surface area contributed by atoms with Gasteiger partial charge in [0.25, 0.3) is 5.01 Å². The number of anilines is 1. The summed E-state index contributed by atoms with van der Waals surface area (Å²) in [7, 11) is -8.78. The van der Waals surface area contributed by atoms with Crippen molar-refractivity contribution in [2.75, 3.05) is 23.0 Å². The maximum atomic E-state index is 11.3. The maximum absolute atomic E-state index is 11.3. The molecule has 0 saturated carbocycles. The summed E-state index contributed by atoms with van der Waals surface area (Å²) in [5, 5.41) is 3.48. The molecular weight excluding hydrogens is 577 g/mol. The van der Waals surface area contributed by atoms with Crippen LogP contribution in [0.4, 0.5) is 5.69 Å². The number of thiazole rings is 1. The third-order valence-corrected chi connectivity index (χ3v) is 9.41. The summed E-state index contributed by atoms with van der Waals surface area (Å²) in [6.07, 6.45) is 3.62. The van der Waals surface area contributed by atoms with Crippen molar-refractivity contribution in [3.05, 3.63) is 71.8 Å². The highest BCUT2D eigenvalue weighted by Gasteiger charge is 2.31. The van der Waals surface area contributed by atoms with Gasteiger partial charge in [-0.2, -0.15) is 4.57 Å². The van der Waals surface area contributed by atoms with E-state index >= 15 is 0 Å². The number of hydrogen-bond donors (Lipinski definition) is 0. The van der Waals surface area contributed by atoms with Crippen molar-refractivity contribution in [1.82, 2.24) is 0 Å². The van der Waals surface area contributed by atoms with Gasteiger partial charge in [0.05, 0.1) is 43.6 Å². The first-order valence-corrected chi connectivity index (χ1v) is 16.4. The fourth-order valence-corrected chi connectivity index (χ4v) is 7.18. The minimum atomic E-state index is -4.40. The molecule has 0 saturated heterocycles. The van der Waals surface area contributed by atoms with E-state index in [1.54, 1.807) is 6.26 Å². The Morgan fingerprint density at radius 2 is 1.68 bits per heavy atom. The average molecular weight is 600 g/mol. The first kappa shape index (κ1) is 26.7. The van der Waals surface area contributed by atoms with E-state index < -0.39 is 31.7 Å². The number of benzene rings is 3. The van der Waals surface area contributed by atoms with E-state index in [2.05, 4.69) is 0 Å². The standard InChI is InChI=1S/C27H24N2O8S3/c30-39(31,32)15-3-12-28-24(37-22-8-7-18-5-1-2-6-19(18)26(22)28)17-25-29(13-4-16-40(33,34)35)27-20-11-14-36-21(20)9-10-23(27)38-25/h1-2,5-11,14,17H,3-4,12-13,15-16H2,(H-,30,31,32,33,34,35)/p-1. The van der Waals surface area contributed by atoms with E-state index in [4.69, 9.17) is 9.15 Å². The van der Waals surface area contributed by atoms with Gasteiger partial charge in [0.2, 0.25) is 11.4 Å². The van der Waals surface area contributed by atoms with Crippen LogP contribution in [0.5, 0.6) is 5.75 Å². The van der Waals surface area contributed by atoms with Gasteiger partial charge in [-0.05, 0) is 36.1 Å². The van der Waals surface area contributed by atoms with Gasteiger partial charge in [-0.1, -0.05) is 41.7 Å². The molecule has 1 aliphatic rings. The molecule has 0 spiro atoms. The van der Waals surface area contributed by atoms with E-state index in [-0.39, 0.29) is 25.9 Å². The molecule has 0 bridgehead atoms. The lowest BCUT2D eigenvalue weighted by molar-refractivity contribution is -0.667. The fraction of sp³-hybridized carbons (Fsp3) is 0.222. The van der Waals surface area contributed by atoms with Crippen molar-refractivity contribution >= 4 is 75.3 Å². The normalized spacial score (nSPS) is 14.9. The van der Waals surface area contributed by atoms with Gasteiger partial charge in [-0.25, -0.2) is 16.8 Å². The van der Waals surface area contributed by atoms with Crippen molar-refractivity contribution in [2.24, 2.45) is 0 Å². The Morgan fingerprint density at radius 3 is 2.48 bits per heavy atom. The van der Waals surface area contributed by atoms with Crippen LogP contribution < -0.4 is 14.2 Å². The zero-order valence-electron chi connectivity index (χ0n) is 21.0. The molecule has 0 unspecified atom stereocenters. The zero-order valence-corrected chi connectivity index (χ0v) is 23.4. The molecule has 0 fully saturated rings. The third kappa shape index (κ3) is 5.30. The maximum Gasteiger partial charge on any atom is 0.268 e. The Labute approximate surface area is 234 Å². The summed E-state index contributed by atoms with van der Waals surface area (Å²) in [6.45, 7) is 0.481. The van der Waals surface area contributed by atoms with Gasteiger partial charge in [0.1, 0.15) is 10.3 Å². The molecule has 5 aromatic rings. The first-order valence-electron chi connectivity index (χ1n) is 12.5. The summed E-state index contributed by atoms with van der Waals surface area (Å²) in [5.41, 5.74) is 2.29. The van der Waals surface area contributed by atoms with E-state index in [0.29, 0.717) is 17.2 Å². The van der Waals surface area contributed by atoms with E-state index in [0.717, 1.165) is 37.1 Å². The van der Waals surface area contributed by atoms with E-state index in [1.165, 1.54) is 11.3 Å². The summed E-state index contributed by atoms with van der Waals surface area (Å²) < 4.78 is 82.7. The lowest BCUT2D eigenvalue weighted by atomic mass is 10.1. The summed E-state index contributed by atoms with van der Waals surface area (Å²) in [4.78, 5) is 1.87. The quantitative estimate of drug-likeness (QED) is 0.180. The van der Waals surface area contributed by atoms with Gasteiger partial charge in [-0.15, -0.1) is 0 Å². The molecule has 3 aromatic carbocycles. The fourth-order valence-electron chi connectivity index (χ4n) is 5.08. The van der Waals surface area contributed by atoms with Crippen LogP contribution in [0.2, 0.25) is 0 Å². The Kier molecular flexibility index (Phi) is 6.79. The van der Waals surface area contributed by atoms with Crippen LogP contribution in [0.3, 0.4) is 0 Å². The van der Waals surface area contributed by atoms with Crippen LogP contribution >= 0.6 is 11.3 Å². The number of ether oxygens (including phenoxy) is 1. The smallest absolute Gasteiger partial charge is 0.268 e. The van der Waals surface area contributed by atoms with Gasteiger partial charge < -0.3 is 23.2 Å². The Hall–Kier alpha value is -3.49. The minimum absolute atomic E-state index is 0.0958. The molecule has 0 amide bonds. The molecule has 2 aromatic heterocycles. The monoisotopic (exact) mass is 599 g/mol. The number of aromatic nitrogens is 1. The largest absolute Gasteiger partial charge is 0.748 e. The Bertz CT molecular complexity index is 2010. The van der Waals surface area contributed by atoms with Crippen molar-refractivity contribution in [1.29, 1.82) is 0 Å². The molecule has 0 N–H and O–H groups in total. The van der Waals surface area contributed by atoms with Crippen LogP contribution in [0.1, 0.15) is 17.8 Å². The van der Waals surface area contributed by atoms with Crippen molar-refractivity contribution < 1.29 is 39.7 Å². The number of aryl methyl sites for hydroxylation is 1. The Morgan fingerprint density at radius 1 is 0.900 bits per heavy atom. The van der Waals surface area contributed by atoms with Crippen LogP contribution in [-0.2, 0) is 26.8 Å². The second-order valence-electron chi connectivity index (χ2n) is 9.44. The Balaban J connectivity index is 1.47. The van der Waals surface area contributed by atoms with Crippen molar-refractivity contribution in [3.8, 4) is 5.75 Å². The summed E-state index contributed by atoms with van der Waals surface area (Å²) >= 11 is 1.46. The van der Waals surface area contributed by atoms with E-state index in [9.17, 15) is 25.9 Å². The number of nitrogens with zero attached hydrogens (tertiary/aromatic N) is 2. The average Bonchev–Trinajstić information content (AvgIpc) is 3.58.